The standard InChI is InChI=1S/C47H33N2OP/c50-51(40-20-9-3-10-21-40,41-22-11-4-12-23-41)42-31-29-35(30-32-42)34-25-27-36(28-26-34)44-33-38-17-13-14-24-43(38)47-45(44)46(37-15-5-1-6-16-37)48-49(47)39-18-7-2-8-19-39/h1-33H. The second-order valence-electron chi connectivity index (χ2n) is 12.7. The lowest BCUT2D eigenvalue weighted by Gasteiger charge is -2.20. The van der Waals surface area contributed by atoms with E-state index in [-0.39, 0.29) is 0 Å². The molecule has 0 saturated heterocycles. The maximum atomic E-state index is 14.9. The van der Waals surface area contributed by atoms with Gasteiger partial charge in [0.15, 0.2) is 7.14 Å². The van der Waals surface area contributed by atoms with Crippen LogP contribution in [0.15, 0.2) is 200 Å². The fraction of sp³-hybridized carbons (Fsp3) is 0. The molecule has 0 fully saturated rings. The summed E-state index contributed by atoms with van der Waals surface area (Å²) in [5, 5.41) is 11.2. The lowest BCUT2D eigenvalue weighted by atomic mass is 9.93. The van der Waals surface area contributed by atoms with Gasteiger partial charge in [0.25, 0.3) is 0 Å². The molecule has 0 spiro atoms. The van der Waals surface area contributed by atoms with Crippen LogP contribution in [0.3, 0.4) is 0 Å². The molecule has 0 unspecified atom stereocenters. The molecule has 9 rings (SSSR count). The quantitative estimate of drug-likeness (QED) is 0.158. The number of benzene rings is 8. The molecule has 0 N–H and O–H groups in total. The second kappa shape index (κ2) is 12.9. The monoisotopic (exact) mass is 672 g/mol. The predicted molar refractivity (Wildman–Crippen MR) is 214 cm³/mol. The zero-order valence-electron chi connectivity index (χ0n) is 27.8. The van der Waals surface area contributed by atoms with Crippen molar-refractivity contribution in [3.8, 4) is 39.2 Å². The minimum atomic E-state index is -3.04. The third kappa shape index (κ3) is 5.40. The van der Waals surface area contributed by atoms with E-state index in [1.807, 2.05) is 84.9 Å². The van der Waals surface area contributed by atoms with Gasteiger partial charge >= 0.3 is 0 Å². The third-order valence-corrected chi connectivity index (χ3v) is 12.8. The van der Waals surface area contributed by atoms with Crippen LogP contribution in [0.1, 0.15) is 0 Å². The Bertz CT molecular complexity index is 2630. The van der Waals surface area contributed by atoms with Gasteiger partial charge in [-0.15, -0.1) is 0 Å². The zero-order valence-corrected chi connectivity index (χ0v) is 28.7. The van der Waals surface area contributed by atoms with Crippen LogP contribution >= 0.6 is 7.14 Å². The Hall–Kier alpha value is -6.28. The van der Waals surface area contributed by atoms with E-state index in [0.29, 0.717) is 0 Å². The van der Waals surface area contributed by atoms with Gasteiger partial charge in [-0.3, -0.25) is 0 Å². The summed E-state index contributed by atoms with van der Waals surface area (Å²) >= 11 is 0. The summed E-state index contributed by atoms with van der Waals surface area (Å²) < 4.78 is 17.0. The molecule has 1 heterocycles. The summed E-state index contributed by atoms with van der Waals surface area (Å²) in [6, 6.07) is 68.4. The molecule has 0 aliphatic heterocycles. The van der Waals surface area contributed by atoms with Crippen molar-refractivity contribution in [1.29, 1.82) is 0 Å². The molecule has 0 radical (unpaired) electrons. The Labute approximate surface area is 297 Å². The Morgan fingerprint density at radius 2 is 0.902 bits per heavy atom. The molecule has 3 nitrogen and oxygen atoms in total. The summed E-state index contributed by atoms with van der Waals surface area (Å²) in [5.41, 5.74) is 8.57. The molecule has 0 amide bonds. The van der Waals surface area contributed by atoms with Crippen LogP contribution in [0.2, 0.25) is 0 Å². The van der Waals surface area contributed by atoms with Crippen molar-refractivity contribution in [3.63, 3.8) is 0 Å². The number of fused-ring (bicyclic) bond motifs is 3. The predicted octanol–water partition coefficient (Wildman–Crippen LogP) is 10.8. The first-order valence-electron chi connectivity index (χ1n) is 17.2. The molecule has 0 atom stereocenters. The van der Waals surface area contributed by atoms with E-state index in [4.69, 9.17) is 5.10 Å². The largest absolute Gasteiger partial charge is 0.309 e. The zero-order chi connectivity index (χ0) is 34.2. The number of para-hydroxylation sites is 1. The van der Waals surface area contributed by atoms with Gasteiger partial charge < -0.3 is 4.57 Å². The number of rotatable bonds is 7. The summed E-state index contributed by atoms with van der Waals surface area (Å²) in [6.45, 7) is 0. The van der Waals surface area contributed by atoms with Crippen molar-refractivity contribution in [2.24, 2.45) is 0 Å². The first-order valence-corrected chi connectivity index (χ1v) is 18.9. The first-order chi connectivity index (χ1) is 25.2. The van der Waals surface area contributed by atoms with Crippen molar-refractivity contribution in [1.82, 2.24) is 9.78 Å². The molecule has 242 valence electrons. The van der Waals surface area contributed by atoms with Crippen molar-refractivity contribution < 1.29 is 4.57 Å². The van der Waals surface area contributed by atoms with Gasteiger partial charge in [0.05, 0.1) is 11.2 Å². The molecule has 0 aliphatic rings. The van der Waals surface area contributed by atoms with Crippen LogP contribution in [-0.4, -0.2) is 9.78 Å². The number of hydrogen-bond acceptors (Lipinski definition) is 2. The Kier molecular flexibility index (Phi) is 7.76. The van der Waals surface area contributed by atoms with E-state index in [1.54, 1.807) is 0 Å². The SMILES string of the molecule is O=P(c1ccccc1)(c1ccccc1)c1ccc(-c2ccc(-c3cc4ccccc4c4c3c(-c3ccccc3)nn4-c3ccccc3)cc2)cc1. The molecule has 8 aromatic carbocycles. The van der Waals surface area contributed by atoms with Crippen LogP contribution in [0, 0.1) is 0 Å². The van der Waals surface area contributed by atoms with Gasteiger partial charge in [0.1, 0.15) is 5.69 Å². The molecule has 9 aromatic rings. The molecule has 0 saturated carbocycles. The van der Waals surface area contributed by atoms with Crippen molar-refractivity contribution in [3.05, 3.63) is 200 Å². The van der Waals surface area contributed by atoms with Crippen LogP contribution in [0.5, 0.6) is 0 Å². The minimum Gasteiger partial charge on any atom is -0.309 e. The van der Waals surface area contributed by atoms with Crippen molar-refractivity contribution >= 4 is 44.7 Å². The highest BCUT2D eigenvalue weighted by molar-refractivity contribution is 7.85. The van der Waals surface area contributed by atoms with E-state index in [2.05, 4.69) is 120 Å². The van der Waals surface area contributed by atoms with E-state index in [0.717, 1.165) is 76.8 Å². The minimum absolute atomic E-state index is 0.822. The Morgan fingerprint density at radius 3 is 1.51 bits per heavy atom. The Morgan fingerprint density at radius 1 is 0.431 bits per heavy atom. The van der Waals surface area contributed by atoms with Crippen LogP contribution < -0.4 is 15.9 Å². The van der Waals surface area contributed by atoms with Crippen molar-refractivity contribution in [2.45, 2.75) is 0 Å². The normalized spacial score (nSPS) is 11.6. The molecule has 0 bridgehead atoms. The van der Waals surface area contributed by atoms with Gasteiger partial charge in [-0.25, -0.2) is 4.68 Å². The third-order valence-electron chi connectivity index (χ3n) is 9.72. The molecule has 1 aromatic heterocycles. The van der Waals surface area contributed by atoms with E-state index in [1.165, 1.54) is 0 Å². The van der Waals surface area contributed by atoms with Gasteiger partial charge in [-0.2, -0.15) is 5.10 Å². The first kappa shape index (κ1) is 30.8. The van der Waals surface area contributed by atoms with Gasteiger partial charge in [-0.05, 0) is 45.8 Å². The second-order valence-corrected chi connectivity index (χ2v) is 15.5. The van der Waals surface area contributed by atoms with Crippen LogP contribution in [0.4, 0.5) is 0 Å². The summed E-state index contributed by atoms with van der Waals surface area (Å²) in [5.74, 6) is 0. The molecular formula is C47H33N2OP. The molecule has 4 heteroatoms. The molecule has 0 aliphatic carbocycles. The summed E-state index contributed by atoms with van der Waals surface area (Å²) in [4.78, 5) is 0. The highest BCUT2D eigenvalue weighted by atomic mass is 31.2. The maximum absolute atomic E-state index is 14.9. The number of aromatic nitrogens is 2. The highest BCUT2D eigenvalue weighted by Gasteiger charge is 2.29. The molecule has 51 heavy (non-hydrogen) atoms. The average molecular weight is 673 g/mol. The average Bonchev–Trinajstić information content (AvgIpc) is 3.63. The fourth-order valence-electron chi connectivity index (χ4n) is 7.20. The lowest BCUT2D eigenvalue weighted by Crippen LogP contribution is -2.24. The fourth-order valence-corrected chi connectivity index (χ4v) is 9.85. The summed E-state index contributed by atoms with van der Waals surface area (Å²) in [7, 11) is -3.04. The summed E-state index contributed by atoms with van der Waals surface area (Å²) in [6.07, 6.45) is 0. The van der Waals surface area contributed by atoms with E-state index < -0.39 is 7.14 Å². The van der Waals surface area contributed by atoms with Crippen LogP contribution in [-0.2, 0) is 4.57 Å². The van der Waals surface area contributed by atoms with Gasteiger partial charge in [0, 0.05) is 32.2 Å². The maximum Gasteiger partial charge on any atom is 0.171 e. The van der Waals surface area contributed by atoms with E-state index >= 15 is 0 Å². The number of hydrogen-bond donors (Lipinski definition) is 0. The van der Waals surface area contributed by atoms with E-state index in [9.17, 15) is 4.57 Å². The topological polar surface area (TPSA) is 34.9 Å². The Balaban J connectivity index is 1.16. The van der Waals surface area contributed by atoms with Crippen LogP contribution in [0.25, 0.3) is 60.9 Å². The number of nitrogens with zero attached hydrogens (tertiary/aromatic N) is 2. The van der Waals surface area contributed by atoms with Gasteiger partial charge in [-0.1, -0.05) is 182 Å². The lowest BCUT2D eigenvalue weighted by molar-refractivity contribution is 0.592. The van der Waals surface area contributed by atoms with Crippen molar-refractivity contribution in [2.75, 3.05) is 0 Å². The van der Waals surface area contributed by atoms with Gasteiger partial charge in [0.2, 0.25) is 0 Å². The molecular weight excluding hydrogens is 640 g/mol. The highest BCUT2D eigenvalue weighted by Crippen LogP contribution is 2.44. The smallest absolute Gasteiger partial charge is 0.171 e.